The summed E-state index contributed by atoms with van der Waals surface area (Å²) in [6, 6.07) is 0.521. The van der Waals surface area contributed by atoms with Crippen LogP contribution in [0.15, 0.2) is 0 Å². The monoisotopic (exact) mass is 722 g/mol. The summed E-state index contributed by atoms with van der Waals surface area (Å²) in [6.45, 7) is 19.8. The quantitative estimate of drug-likeness (QED) is 0.232. The lowest BCUT2D eigenvalue weighted by molar-refractivity contribution is -0.253. The maximum absolute atomic E-state index is 12.0. The van der Waals surface area contributed by atoms with Gasteiger partial charge in [-0.05, 0) is 130 Å². The fourth-order valence-electron chi connectivity index (χ4n) is 13.7. The fourth-order valence-corrected chi connectivity index (χ4v) is 13.7. The van der Waals surface area contributed by atoms with E-state index in [-0.39, 0.29) is 41.9 Å². The largest absolute Gasteiger partial charge is 0.464 e. The van der Waals surface area contributed by atoms with Crippen molar-refractivity contribution in [3.63, 3.8) is 0 Å². The molecular weight excluding hydrogens is 650 g/mol. The maximum Gasteiger partial charge on any atom is 0.332 e. The molecule has 2 heterocycles. The molecule has 51 heavy (non-hydrogen) atoms. The minimum atomic E-state index is -1.06. The highest BCUT2D eigenvalue weighted by Crippen LogP contribution is 2.89. The number of esters is 1. The lowest BCUT2D eigenvalue weighted by Crippen LogP contribution is -2.58. The third kappa shape index (κ3) is 6.65. The van der Waals surface area contributed by atoms with Gasteiger partial charge in [-0.15, -0.1) is 0 Å². The highest BCUT2D eigenvalue weighted by molar-refractivity contribution is 5.70. The van der Waals surface area contributed by atoms with E-state index in [4.69, 9.17) is 28.8 Å². The van der Waals surface area contributed by atoms with Crippen LogP contribution in [0.25, 0.3) is 0 Å². The Labute approximate surface area is 307 Å². The Kier molecular flexibility index (Phi) is 11.7. The molecule has 3 N–H and O–H groups in total. The Morgan fingerprint density at radius 1 is 1.04 bits per heavy atom. The summed E-state index contributed by atoms with van der Waals surface area (Å²) in [5.41, 5.74) is -0.0500. The van der Waals surface area contributed by atoms with Gasteiger partial charge in [-0.1, -0.05) is 34.1 Å². The normalized spacial score (nSPS) is 43.7. The Morgan fingerprint density at radius 3 is 2.45 bits per heavy atom. The lowest BCUT2D eigenvalue weighted by atomic mass is 9.46. The molecule has 10 heteroatoms. The molecule has 2 spiro atoms. The summed E-state index contributed by atoms with van der Waals surface area (Å²) in [5.74, 6) is 2.48. The first-order valence-corrected chi connectivity index (χ1v) is 20.4. The number of carbonyl (C=O) groups excluding carboxylic acids is 1. The van der Waals surface area contributed by atoms with Gasteiger partial charge in [0.15, 0.2) is 6.29 Å². The van der Waals surface area contributed by atoms with Crippen LogP contribution in [0.2, 0.25) is 0 Å². The SMILES string of the molecule is CCOC(=O)CO[C@@H](CCC[C@H]1[C@H](O)CC2[C@@H]3CCC4C(C)(C)[C@@H](OC5CN(C6COC6)CCO5)CCC45[C@@H](C)[C@@]35CC[C@@]21C)C(C)(C)O.CO. The first-order valence-electron chi connectivity index (χ1n) is 20.4. The molecule has 5 saturated carbocycles. The second-order valence-corrected chi connectivity index (χ2v) is 18.7. The minimum Gasteiger partial charge on any atom is -0.464 e. The molecule has 294 valence electrons. The lowest BCUT2D eigenvalue weighted by Gasteiger charge is -2.59. The van der Waals surface area contributed by atoms with E-state index in [2.05, 4.69) is 32.6 Å². The van der Waals surface area contributed by atoms with Crippen LogP contribution in [0.5, 0.6) is 0 Å². The number of aliphatic hydroxyl groups is 3. The number of fused-ring (bicyclic) bond motifs is 2. The van der Waals surface area contributed by atoms with E-state index < -0.39 is 17.7 Å². The summed E-state index contributed by atoms with van der Waals surface area (Å²) in [4.78, 5) is 14.5. The van der Waals surface area contributed by atoms with E-state index >= 15 is 0 Å². The van der Waals surface area contributed by atoms with E-state index in [0.717, 1.165) is 71.6 Å². The van der Waals surface area contributed by atoms with Crippen LogP contribution in [-0.2, 0) is 28.5 Å². The molecule has 4 unspecified atom stereocenters. The highest BCUT2D eigenvalue weighted by atomic mass is 16.7. The number of hydrogen-bond donors (Lipinski definition) is 3. The summed E-state index contributed by atoms with van der Waals surface area (Å²) >= 11 is 0. The van der Waals surface area contributed by atoms with E-state index in [9.17, 15) is 15.0 Å². The van der Waals surface area contributed by atoms with Gasteiger partial charge in [-0.25, -0.2) is 4.79 Å². The fraction of sp³-hybridized carbons (Fsp3) is 0.976. The van der Waals surface area contributed by atoms with Crippen LogP contribution in [0, 0.1) is 51.2 Å². The molecular formula is C41H71NO9. The van der Waals surface area contributed by atoms with Crippen LogP contribution in [0.1, 0.15) is 113 Å². The van der Waals surface area contributed by atoms with Crippen LogP contribution >= 0.6 is 0 Å². The van der Waals surface area contributed by atoms with Crippen LogP contribution < -0.4 is 0 Å². The van der Waals surface area contributed by atoms with Crippen molar-refractivity contribution in [2.45, 2.75) is 149 Å². The molecule has 2 aliphatic heterocycles. The van der Waals surface area contributed by atoms with Crippen molar-refractivity contribution in [3.05, 3.63) is 0 Å². The van der Waals surface area contributed by atoms with Gasteiger partial charge in [0.1, 0.15) is 6.61 Å². The number of ether oxygens (including phenoxy) is 5. The van der Waals surface area contributed by atoms with E-state index in [0.29, 0.717) is 47.7 Å². The van der Waals surface area contributed by atoms with Crippen molar-refractivity contribution in [1.82, 2.24) is 4.90 Å². The third-order valence-corrected chi connectivity index (χ3v) is 16.1. The van der Waals surface area contributed by atoms with Gasteiger partial charge in [0.2, 0.25) is 0 Å². The van der Waals surface area contributed by atoms with Gasteiger partial charge in [0, 0.05) is 13.7 Å². The molecule has 7 fully saturated rings. The van der Waals surface area contributed by atoms with Crippen LogP contribution in [0.3, 0.4) is 0 Å². The molecule has 0 radical (unpaired) electrons. The molecule has 0 bridgehead atoms. The van der Waals surface area contributed by atoms with Crippen molar-refractivity contribution >= 4 is 5.97 Å². The second kappa shape index (κ2) is 15.0. The number of hydrogen-bond acceptors (Lipinski definition) is 10. The van der Waals surface area contributed by atoms with Gasteiger partial charge in [-0.3, -0.25) is 4.90 Å². The summed E-state index contributed by atoms with van der Waals surface area (Å²) in [5, 5.41) is 29.5. The number of nitrogens with zero attached hydrogens (tertiary/aromatic N) is 1. The van der Waals surface area contributed by atoms with Gasteiger partial charge >= 0.3 is 5.97 Å². The smallest absolute Gasteiger partial charge is 0.332 e. The van der Waals surface area contributed by atoms with E-state index in [1.54, 1.807) is 20.8 Å². The molecule has 12 atom stereocenters. The van der Waals surface area contributed by atoms with Gasteiger partial charge in [0.25, 0.3) is 0 Å². The molecule has 5 aliphatic carbocycles. The van der Waals surface area contributed by atoms with Crippen molar-refractivity contribution in [1.29, 1.82) is 0 Å². The topological polar surface area (TPSA) is 127 Å². The third-order valence-electron chi connectivity index (χ3n) is 16.1. The summed E-state index contributed by atoms with van der Waals surface area (Å²) in [7, 11) is 1.00. The van der Waals surface area contributed by atoms with Crippen molar-refractivity contribution in [3.8, 4) is 0 Å². The predicted molar refractivity (Wildman–Crippen MR) is 194 cm³/mol. The summed E-state index contributed by atoms with van der Waals surface area (Å²) < 4.78 is 29.5. The molecule has 2 saturated heterocycles. The minimum absolute atomic E-state index is 0.0943. The average Bonchev–Trinajstić information content (AvgIpc) is 3.47. The predicted octanol–water partition coefficient (Wildman–Crippen LogP) is 5.19. The van der Waals surface area contributed by atoms with Crippen molar-refractivity contribution in [2.24, 2.45) is 51.2 Å². The number of carbonyl (C=O) groups is 1. The Bertz CT molecular complexity index is 1200. The standard InChI is InChI=1S/C40H67NO8.CH4O/c1-8-46-34(43)24-48-33(37(5,6)44)11-9-10-28-30(42)20-29-27-12-13-31-36(3,4)32(49-35-21-41(18-19-47-35)26-22-45-23-26)14-15-40(31)25(2)39(27,40)17-16-38(28,29)7;1-2/h25-33,35,42,44H,8-24H2,1-7H3;2H,1H3/t25-,27-,28-,29?,30+,31?,32-,33-,35?,38+,39-,40?;/m0./s1. The Morgan fingerprint density at radius 2 is 1.78 bits per heavy atom. The molecule has 7 aliphatic rings. The van der Waals surface area contributed by atoms with E-state index in [1.165, 1.54) is 32.1 Å². The first kappa shape index (κ1) is 39.8. The molecule has 10 nitrogen and oxygen atoms in total. The summed E-state index contributed by atoms with van der Waals surface area (Å²) in [6.07, 6.45) is 10.1. The number of rotatable bonds is 12. The van der Waals surface area contributed by atoms with Crippen LogP contribution in [-0.4, -0.2) is 116 Å². The van der Waals surface area contributed by atoms with Crippen molar-refractivity contribution in [2.75, 3.05) is 53.2 Å². The zero-order chi connectivity index (χ0) is 37.0. The molecule has 7 rings (SSSR count). The van der Waals surface area contributed by atoms with Gasteiger partial charge in [0.05, 0.1) is 62.9 Å². The van der Waals surface area contributed by atoms with Crippen LogP contribution in [0.4, 0.5) is 0 Å². The highest BCUT2D eigenvalue weighted by Gasteiger charge is 2.84. The average molecular weight is 722 g/mol. The molecule has 0 aromatic carbocycles. The maximum atomic E-state index is 12.0. The van der Waals surface area contributed by atoms with E-state index in [1.807, 2.05) is 0 Å². The van der Waals surface area contributed by atoms with Gasteiger partial charge < -0.3 is 39.0 Å². The molecule has 0 amide bonds. The second-order valence-electron chi connectivity index (χ2n) is 18.7. The number of morpholine rings is 1. The molecule has 0 aromatic heterocycles. The Hall–Kier alpha value is -0.850. The Balaban J connectivity index is 0.00000220. The first-order chi connectivity index (χ1) is 24.2. The zero-order valence-corrected chi connectivity index (χ0v) is 33.0. The van der Waals surface area contributed by atoms with Gasteiger partial charge in [-0.2, -0.15) is 0 Å². The van der Waals surface area contributed by atoms with Crippen molar-refractivity contribution < 1.29 is 43.8 Å². The molecule has 0 aromatic rings. The zero-order valence-electron chi connectivity index (χ0n) is 33.0. The number of aliphatic hydroxyl groups excluding tert-OH is 2.